The van der Waals surface area contributed by atoms with Crippen molar-refractivity contribution in [2.24, 2.45) is 5.41 Å². The van der Waals surface area contributed by atoms with Gasteiger partial charge in [0, 0.05) is 35.0 Å². The number of carbonyl (C=O) groups is 2. The molecule has 2 aromatic rings. The number of aryl methyl sites for hydroxylation is 1. The van der Waals surface area contributed by atoms with Crippen molar-refractivity contribution in [2.45, 2.75) is 57.1 Å². The van der Waals surface area contributed by atoms with Crippen LogP contribution in [0.2, 0.25) is 5.02 Å². The Hall–Kier alpha value is -2.60. The number of hydrogen-bond donors (Lipinski definition) is 1. The molecule has 1 N–H and O–H groups in total. The Morgan fingerprint density at radius 1 is 1.19 bits per heavy atom. The summed E-state index contributed by atoms with van der Waals surface area (Å²) in [5.74, 6) is 0.562. The highest BCUT2D eigenvalue weighted by Gasteiger charge is 2.69. The van der Waals surface area contributed by atoms with E-state index in [0.29, 0.717) is 34.9 Å². The Morgan fingerprint density at radius 3 is 2.66 bits per heavy atom. The predicted molar refractivity (Wildman–Crippen MR) is 118 cm³/mol. The number of nitrogens with one attached hydrogen (secondary N) is 1. The van der Waals surface area contributed by atoms with E-state index in [2.05, 4.69) is 5.32 Å². The van der Waals surface area contributed by atoms with Crippen LogP contribution in [0.25, 0.3) is 0 Å². The number of fused-ring (bicyclic) bond motifs is 1. The lowest BCUT2D eigenvalue weighted by atomic mass is 9.38. The van der Waals surface area contributed by atoms with Crippen LogP contribution < -0.4 is 14.8 Å². The van der Waals surface area contributed by atoms with Crippen molar-refractivity contribution in [1.29, 1.82) is 0 Å². The Morgan fingerprint density at radius 2 is 1.94 bits per heavy atom. The molecular weight excluding hydrogens is 433 g/mol. The standard InChI is InChI=1S/C25H25ClFNO4/c1-15-3-5-19(8-20(15)27)31-11-18(29)10-24-12-25(13-24,14-24)28-22(30)23(2)9-16-7-17(26)4-6-21(16)32-23/h3-8H,9-14H2,1-2H3,(H,28,30)/t23-,24?,25?/m1/s1. The Balaban J connectivity index is 1.11. The lowest BCUT2D eigenvalue weighted by Crippen LogP contribution is -2.76. The number of halogens is 2. The normalized spacial score (nSPS) is 29.2. The van der Waals surface area contributed by atoms with Gasteiger partial charge in [0.2, 0.25) is 0 Å². The molecule has 2 aromatic carbocycles. The van der Waals surface area contributed by atoms with Crippen LogP contribution in [-0.2, 0) is 16.0 Å². The second-order valence-electron chi connectivity index (χ2n) is 9.94. The van der Waals surface area contributed by atoms with Crippen molar-refractivity contribution < 1.29 is 23.5 Å². The van der Waals surface area contributed by atoms with Crippen molar-refractivity contribution in [3.8, 4) is 11.5 Å². The minimum Gasteiger partial charge on any atom is -0.486 e. The monoisotopic (exact) mass is 457 g/mol. The second-order valence-corrected chi connectivity index (χ2v) is 10.4. The fraction of sp³-hybridized carbons (Fsp3) is 0.440. The van der Waals surface area contributed by atoms with E-state index < -0.39 is 5.60 Å². The van der Waals surface area contributed by atoms with E-state index in [1.54, 1.807) is 38.1 Å². The molecule has 168 valence electrons. The molecule has 1 aliphatic heterocycles. The van der Waals surface area contributed by atoms with Crippen molar-refractivity contribution >= 4 is 23.3 Å². The second kappa shape index (κ2) is 7.20. The molecule has 5 nitrogen and oxygen atoms in total. The molecule has 4 aliphatic rings. The van der Waals surface area contributed by atoms with Crippen LogP contribution in [0, 0.1) is 18.2 Å². The lowest BCUT2D eigenvalue weighted by Gasteiger charge is -2.71. The van der Waals surface area contributed by atoms with Crippen LogP contribution in [0.3, 0.4) is 0 Å². The van der Waals surface area contributed by atoms with Gasteiger partial charge < -0.3 is 14.8 Å². The highest BCUT2D eigenvalue weighted by Crippen LogP contribution is 2.69. The zero-order valence-electron chi connectivity index (χ0n) is 18.1. The molecule has 32 heavy (non-hydrogen) atoms. The molecule has 0 unspecified atom stereocenters. The van der Waals surface area contributed by atoms with Gasteiger partial charge in [-0.25, -0.2) is 4.39 Å². The molecule has 1 heterocycles. The van der Waals surface area contributed by atoms with Crippen molar-refractivity contribution in [3.05, 3.63) is 58.4 Å². The van der Waals surface area contributed by atoms with E-state index >= 15 is 0 Å². The summed E-state index contributed by atoms with van der Waals surface area (Å²) in [4.78, 5) is 25.4. The van der Waals surface area contributed by atoms with Gasteiger partial charge in [-0.05, 0) is 68.4 Å². The van der Waals surface area contributed by atoms with Crippen LogP contribution in [0.4, 0.5) is 4.39 Å². The summed E-state index contributed by atoms with van der Waals surface area (Å²) >= 11 is 6.06. The fourth-order valence-corrected chi connectivity index (χ4v) is 5.74. The maximum atomic E-state index is 13.6. The summed E-state index contributed by atoms with van der Waals surface area (Å²) in [5.41, 5.74) is 0.220. The maximum Gasteiger partial charge on any atom is 0.264 e. The quantitative estimate of drug-likeness (QED) is 0.662. The van der Waals surface area contributed by atoms with E-state index in [9.17, 15) is 14.0 Å². The van der Waals surface area contributed by atoms with Gasteiger partial charge in [0.25, 0.3) is 5.91 Å². The van der Waals surface area contributed by atoms with Crippen molar-refractivity contribution in [3.63, 3.8) is 0 Å². The maximum absolute atomic E-state index is 13.6. The van der Waals surface area contributed by atoms with Gasteiger partial charge in [0.05, 0.1) is 0 Å². The molecule has 0 radical (unpaired) electrons. The molecule has 7 heteroatoms. The van der Waals surface area contributed by atoms with E-state index in [-0.39, 0.29) is 35.1 Å². The van der Waals surface area contributed by atoms with Crippen LogP contribution in [0.15, 0.2) is 36.4 Å². The minimum absolute atomic E-state index is 0.0102. The molecule has 6 rings (SSSR count). The van der Waals surface area contributed by atoms with Gasteiger partial charge in [-0.2, -0.15) is 0 Å². The van der Waals surface area contributed by atoms with Gasteiger partial charge in [-0.3, -0.25) is 9.59 Å². The van der Waals surface area contributed by atoms with E-state index in [1.165, 1.54) is 6.07 Å². The van der Waals surface area contributed by atoms with E-state index in [0.717, 1.165) is 24.8 Å². The molecule has 3 aliphatic carbocycles. The SMILES string of the molecule is Cc1ccc(OCC(=O)CC23CC(NC(=O)[C@@]4(C)Cc5cc(Cl)ccc5O4)(C2)C3)cc1F. The number of benzene rings is 2. The number of ether oxygens (including phenoxy) is 2. The first-order chi connectivity index (χ1) is 15.1. The Bertz CT molecular complexity index is 1110. The summed E-state index contributed by atoms with van der Waals surface area (Å²) in [7, 11) is 0. The average molecular weight is 458 g/mol. The topological polar surface area (TPSA) is 64.6 Å². The highest BCUT2D eigenvalue weighted by molar-refractivity contribution is 6.30. The molecule has 1 amide bonds. The highest BCUT2D eigenvalue weighted by atomic mass is 35.5. The zero-order valence-corrected chi connectivity index (χ0v) is 18.9. The van der Waals surface area contributed by atoms with Crippen LogP contribution in [0.1, 0.15) is 43.7 Å². The average Bonchev–Trinajstić information content (AvgIpc) is 3.03. The first kappa shape index (κ1) is 21.3. The van der Waals surface area contributed by atoms with Gasteiger partial charge >= 0.3 is 0 Å². The Labute approximate surface area is 191 Å². The minimum atomic E-state index is -0.956. The van der Waals surface area contributed by atoms with Crippen LogP contribution >= 0.6 is 11.6 Å². The van der Waals surface area contributed by atoms with Crippen molar-refractivity contribution in [1.82, 2.24) is 5.32 Å². The van der Waals surface area contributed by atoms with E-state index in [1.807, 2.05) is 6.07 Å². The van der Waals surface area contributed by atoms with Gasteiger partial charge in [0.1, 0.15) is 23.9 Å². The zero-order chi connectivity index (χ0) is 22.7. The number of rotatable bonds is 7. The number of amides is 1. The lowest BCUT2D eigenvalue weighted by molar-refractivity contribution is -0.178. The summed E-state index contributed by atoms with van der Waals surface area (Å²) in [6.07, 6.45) is 3.24. The number of ketones is 1. The molecule has 3 saturated carbocycles. The largest absolute Gasteiger partial charge is 0.486 e. The summed E-state index contributed by atoms with van der Waals surface area (Å²) in [6.45, 7) is 3.40. The fourth-order valence-electron chi connectivity index (χ4n) is 5.54. The molecule has 0 saturated heterocycles. The first-order valence-corrected chi connectivity index (χ1v) is 11.2. The smallest absolute Gasteiger partial charge is 0.264 e. The molecule has 3 fully saturated rings. The van der Waals surface area contributed by atoms with E-state index in [4.69, 9.17) is 21.1 Å². The van der Waals surface area contributed by atoms with Crippen molar-refractivity contribution in [2.75, 3.05) is 6.61 Å². The number of Topliss-reactive ketones (excluding diaryl/α,β-unsaturated/α-hetero) is 1. The number of carbonyl (C=O) groups excluding carboxylic acids is 2. The summed E-state index contributed by atoms with van der Waals surface area (Å²) in [5, 5.41) is 3.80. The van der Waals surface area contributed by atoms with Crippen LogP contribution in [-0.4, -0.2) is 29.4 Å². The molecule has 0 aromatic heterocycles. The summed E-state index contributed by atoms with van der Waals surface area (Å²) < 4.78 is 25.0. The first-order valence-electron chi connectivity index (χ1n) is 10.8. The third kappa shape index (κ3) is 3.64. The molecule has 2 bridgehead atoms. The molecule has 0 spiro atoms. The summed E-state index contributed by atoms with van der Waals surface area (Å²) in [6, 6.07) is 9.98. The van der Waals surface area contributed by atoms with Gasteiger partial charge in [0.15, 0.2) is 11.4 Å². The molecular formula is C25H25ClFNO4. The van der Waals surface area contributed by atoms with Gasteiger partial charge in [-0.1, -0.05) is 17.7 Å². The van der Waals surface area contributed by atoms with Crippen LogP contribution in [0.5, 0.6) is 11.5 Å². The Kier molecular flexibility index (Phi) is 4.79. The predicted octanol–water partition coefficient (Wildman–Crippen LogP) is 4.56. The third-order valence-corrected chi connectivity index (χ3v) is 7.24. The third-order valence-electron chi connectivity index (χ3n) is 7.00. The number of hydrogen-bond acceptors (Lipinski definition) is 4. The molecule has 1 atom stereocenters. The van der Waals surface area contributed by atoms with Gasteiger partial charge in [-0.15, -0.1) is 0 Å².